The van der Waals surface area contributed by atoms with Crippen molar-refractivity contribution in [3.63, 3.8) is 0 Å². The molecule has 0 fully saturated rings. The summed E-state index contributed by atoms with van der Waals surface area (Å²) in [5.41, 5.74) is 0. The monoisotopic (exact) mass is 386 g/mol. The van der Waals surface area contributed by atoms with E-state index in [0.717, 1.165) is 0 Å². The topological polar surface area (TPSA) is 129 Å². The van der Waals surface area contributed by atoms with Crippen LogP contribution in [-0.2, 0) is 14.2 Å². The fraction of sp³-hybridized carbons (Fsp3) is 1.00. The molecule has 8 nitrogen and oxygen atoms in total. The highest BCUT2D eigenvalue weighted by Crippen LogP contribution is 2.22. The van der Waals surface area contributed by atoms with Gasteiger partial charge in [0.25, 0.3) is 0 Å². The molecule has 0 aromatic heterocycles. The summed E-state index contributed by atoms with van der Waals surface area (Å²) in [5.74, 6) is 0.317. The third-order valence-electron chi connectivity index (χ3n) is 3.89. The Hall–Kier alpha value is 0.0300. The molecule has 0 saturated heterocycles. The zero-order valence-electron chi connectivity index (χ0n) is 15.2. The molecule has 0 heterocycles. The van der Waals surface area contributed by atoms with E-state index in [1.165, 1.54) is 6.92 Å². The highest BCUT2D eigenvalue weighted by Gasteiger charge is 2.28. The predicted octanol–water partition coefficient (Wildman–Crippen LogP) is -0.490. The van der Waals surface area contributed by atoms with Gasteiger partial charge >= 0.3 is 0 Å². The average molecular weight is 387 g/mol. The van der Waals surface area contributed by atoms with Crippen LogP contribution in [0.5, 0.6) is 0 Å². The first-order valence-corrected chi connectivity index (χ1v) is 9.23. The molecule has 0 aromatic rings. The lowest BCUT2D eigenvalue weighted by molar-refractivity contribution is -0.273. The van der Waals surface area contributed by atoms with E-state index in [1.807, 2.05) is 13.8 Å². The van der Waals surface area contributed by atoms with Crippen LogP contribution >= 0.6 is 12.6 Å². The van der Waals surface area contributed by atoms with Crippen LogP contribution in [0.15, 0.2) is 0 Å². The zero-order chi connectivity index (χ0) is 19.4. The van der Waals surface area contributed by atoms with E-state index < -0.39 is 30.9 Å². The van der Waals surface area contributed by atoms with Crippen LogP contribution in [-0.4, -0.2) is 88.1 Å². The van der Waals surface area contributed by atoms with Gasteiger partial charge in [-0.1, -0.05) is 13.8 Å². The maximum absolute atomic E-state index is 9.54. The molecule has 0 aliphatic rings. The van der Waals surface area contributed by atoms with Gasteiger partial charge in [0.1, 0.15) is 6.10 Å². The normalized spacial score (nSPS) is 19.4. The average Bonchev–Trinajstić information content (AvgIpc) is 2.57. The minimum atomic E-state index is -1.78. The fourth-order valence-corrected chi connectivity index (χ4v) is 2.57. The summed E-state index contributed by atoms with van der Waals surface area (Å²) in [6.45, 7) is 4.87. The summed E-state index contributed by atoms with van der Waals surface area (Å²) in [7, 11) is 0. The summed E-state index contributed by atoms with van der Waals surface area (Å²) in [4.78, 5) is 0. The second-order valence-electron chi connectivity index (χ2n) is 6.07. The first kappa shape index (κ1) is 25.0. The van der Waals surface area contributed by atoms with Gasteiger partial charge in [-0.3, -0.25) is 0 Å². The van der Waals surface area contributed by atoms with E-state index >= 15 is 0 Å². The molecule has 6 atom stereocenters. The van der Waals surface area contributed by atoms with Crippen LogP contribution in [0.4, 0.5) is 0 Å². The van der Waals surface area contributed by atoms with E-state index in [4.69, 9.17) is 14.2 Å². The minimum Gasteiger partial charge on any atom is -0.394 e. The third kappa shape index (κ3) is 10.1. The van der Waals surface area contributed by atoms with Crippen molar-refractivity contribution in [2.75, 3.05) is 25.6 Å². The van der Waals surface area contributed by atoms with Crippen LogP contribution in [0.25, 0.3) is 0 Å². The maximum Gasteiger partial charge on any atom is 0.209 e. The van der Waals surface area contributed by atoms with Crippen LogP contribution in [0.2, 0.25) is 0 Å². The molecular formula is C16H34O8S. The standard InChI is InChI=1S/C16H34O8S/c1-4-13(24-16(15(20)21)22-5-6-25)10(2)7-12(8-17)23-14(9-18)11(3)19/h10-21,25H,4-9H2,1-3H3. The number of hydrogen-bond donors (Lipinski definition) is 6. The Labute approximate surface area is 155 Å². The minimum absolute atomic E-state index is 0.101. The number of thiol groups is 1. The molecule has 9 heteroatoms. The van der Waals surface area contributed by atoms with Gasteiger partial charge in [0.05, 0.1) is 38.1 Å². The number of hydrogen-bond acceptors (Lipinski definition) is 9. The highest BCUT2D eigenvalue weighted by molar-refractivity contribution is 7.80. The van der Waals surface area contributed by atoms with Gasteiger partial charge in [0, 0.05) is 5.75 Å². The first-order chi connectivity index (χ1) is 11.8. The Morgan fingerprint density at radius 1 is 0.960 bits per heavy atom. The van der Waals surface area contributed by atoms with Crippen molar-refractivity contribution >= 4 is 12.6 Å². The van der Waals surface area contributed by atoms with E-state index in [2.05, 4.69) is 12.6 Å². The summed E-state index contributed by atoms with van der Waals surface area (Å²) in [5, 5.41) is 47.0. The maximum atomic E-state index is 9.54. The summed E-state index contributed by atoms with van der Waals surface area (Å²) >= 11 is 4.00. The van der Waals surface area contributed by atoms with Crippen LogP contribution in [0, 0.1) is 5.92 Å². The smallest absolute Gasteiger partial charge is 0.209 e. The van der Waals surface area contributed by atoms with Crippen molar-refractivity contribution in [2.45, 2.75) is 70.6 Å². The molecule has 0 rings (SSSR count). The molecule has 0 aliphatic heterocycles. The molecule has 25 heavy (non-hydrogen) atoms. The number of aliphatic hydroxyl groups is 5. The highest BCUT2D eigenvalue weighted by atomic mass is 32.1. The van der Waals surface area contributed by atoms with Gasteiger partial charge in [-0.15, -0.1) is 0 Å². The second kappa shape index (κ2) is 14.1. The Balaban J connectivity index is 4.74. The third-order valence-corrected chi connectivity index (χ3v) is 4.07. The molecule has 0 aromatic carbocycles. The molecule has 0 spiro atoms. The molecule has 6 unspecified atom stereocenters. The van der Waals surface area contributed by atoms with Crippen LogP contribution < -0.4 is 0 Å². The van der Waals surface area contributed by atoms with E-state index in [1.54, 1.807) is 0 Å². The number of rotatable bonds is 15. The fourth-order valence-electron chi connectivity index (χ4n) is 2.47. The lowest BCUT2D eigenvalue weighted by Crippen LogP contribution is -2.40. The van der Waals surface area contributed by atoms with E-state index in [-0.39, 0.29) is 31.8 Å². The van der Waals surface area contributed by atoms with Crippen molar-refractivity contribution in [3.05, 3.63) is 0 Å². The van der Waals surface area contributed by atoms with E-state index in [0.29, 0.717) is 18.6 Å². The van der Waals surface area contributed by atoms with Crippen LogP contribution in [0.3, 0.4) is 0 Å². The van der Waals surface area contributed by atoms with Crippen molar-refractivity contribution in [3.8, 4) is 0 Å². The number of aliphatic hydroxyl groups excluding tert-OH is 4. The lowest BCUT2D eigenvalue weighted by Gasteiger charge is -2.32. The molecule has 0 saturated carbocycles. The Kier molecular flexibility index (Phi) is 14.1. The largest absolute Gasteiger partial charge is 0.394 e. The van der Waals surface area contributed by atoms with Gasteiger partial charge in [-0.05, 0) is 25.7 Å². The number of ether oxygens (including phenoxy) is 3. The predicted molar refractivity (Wildman–Crippen MR) is 95.3 cm³/mol. The summed E-state index contributed by atoms with van der Waals surface area (Å²) < 4.78 is 16.4. The quantitative estimate of drug-likeness (QED) is 0.164. The van der Waals surface area contributed by atoms with Crippen molar-refractivity contribution in [2.24, 2.45) is 5.92 Å². The van der Waals surface area contributed by atoms with E-state index in [9.17, 15) is 25.5 Å². The molecule has 152 valence electrons. The molecule has 0 amide bonds. The Morgan fingerprint density at radius 3 is 2.00 bits per heavy atom. The second-order valence-corrected chi connectivity index (χ2v) is 6.52. The zero-order valence-corrected chi connectivity index (χ0v) is 16.1. The molecule has 0 aliphatic carbocycles. The van der Waals surface area contributed by atoms with Gasteiger partial charge in [-0.2, -0.15) is 12.6 Å². The summed E-state index contributed by atoms with van der Waals surface area (Å²) in [6.07, 6.45) is -4.56. The van der Waals surface area contributed by atoms with Gasteiger partial charge < -0.3 is 39.7 Å². The molecular weight excluding hydrogens is 352 g/mol. The Bertz CT molecular complexity index is 319. The van der Waals surface area contributed by atoms with Crippen molar-refractivity contribution < 1.29 is 39.7 Å². The van der Waals surface area contributed by atoms with Gasteiger partial charge in [-0.25, -0.2) is 0 Å². The van der Waals surface area contributed by atoms with Crippen LogP contribution in [0.1, 0.15) is 33.6 Å². The Morgan fingerprint density at radius 2 is 1.60 bits per heavy atom. The molecule has 5 N–H and O–H groups in total. The first-order valence-electron chi connectivity index (χ1n) is 8.59. The lowest BCUT2D eigenvalue weighted by atomic mass is 9.95. The molecule has 0 bridgehead atoms. The van der Waals surface area contributed by atoms with Crippen molar-refractivity contribution in [1.82, 2.24) is 0 Å². The summed E-state index contributed by atoms with van der Waals surface area (Å²) in [6, 6.07) is 0. The SMILES string of the molecule is CCC(OC(OCCS)C(O)O)C(C)CC(CO)OC(CO)C(C)O. The van der Waals surface area contributed by atoms with Gasteiger partial charge in [0.15, 0.2) is 0 Å². The van der Waals surface area contributed by atoms with Gasteiger partial charge in [0.2, 0.25) is 12.6 Å². The molecule has 0 radical (unpaired) electrons. The van der Waals surface area contributed by atoms with Crippen molar-refractivity contribution in [1.29, 1.82) is 0 Å².